The molecule has 0 N–H and O–H groups in total. The molecule has 1 amide bonds. The number of carbonyl (C=O) groups is 1. The van der Waals surface area contributed by atoms with Gasteiger partial charge in [0, 0.05) is 24.7 Å². The molecule has 0 heterocycles. The summed E-state index contributed by atoms with van der Waals surface area (Å²) in [6.07, 6.45) is 2.04. The number of carbonyl (C=O) groups excluding carboxylic acids is 1. The lowest BCUT2D eigenvalue weighted by Crippen LogP contribution is -2.33. The van der Waals surface area contributed by atoms with E-state index in [4.69, 9.17) is 11.6 Å². The summed E-state index contributed by atoms with van der Waals surface area (Å²) in [5.41, 5.74) is 2.37. The second-order valence-corrected chi connectivity index (χ2v) is 6.08. The summed E-state index contributed by atoms with van der Waals surface area (Å²) in [6, 6.07) is 8.25. The van der Waals surface area contributed by atoms with Gasteiger partial charge in [-0.2, -0.15) is 0 Å². The van der Waals surface area contributed by atoms with Crippen molar-refractivity contribution in [1.29, 1.82) is 0 Å². The molecule has 0 aromatic heterocycles. The zero-order chi connectivity index (χ0) is 14.8. The van der Waals surface area contributed by atoms with E-state index in [9.17, 15) is 4.79 Å². The fourth-order valence-corrected chi connectivity index (χ4v) is 3.09. The predicted octanol–water partition coefficient (Wildman–Crippen LogP) is 4.31. The van der Waals surface area contributed by atoms with E-state index in [0.29, 0.717) is 11.6 Å². The van der Waals surface area contributed by atoms with E-state index in [1.807, 2.05) is 17.0 Å². The number of benzene rings is 1. The normalized spacial score (nSPS) is 10.6. The van der Waals surface area contributed by atoms with Crippen LogP contribution in [0.2, 0.25) is 0 Å². The maximum Gasteiger partial charge on any atom is 0.232 e. The van der Waals surface area contributed by atoms with E-state index in [0.717, 1.165) is 37.2 Å². The smallest absolute Gasteiger partial charge is 0.232 e. The topological polar surface area (TPSA) is 20.3 Å². The Balaban J connectivity index is 2.39. The van der Waals surface area contributed by atoms with E-state index in [-0.39, 0.29) is 5.91 Å². The molecule has 0 saturated carbocycles. The van der Waals surface area contributed by atoms with Crippen LogP contribution in [-0.4, -0.2) is 29.6 Å². The van der Waals surface area contributed by atoms with E-state index < -0.39 is 0 Å². The highest BCUT2D eigenvalue weighted by Gasteiger charge is 2.11. The van der Waals surface area contributed by atoms with E-state index in [1.165, 1.54) is 5.56 Å². The van der Waals surface area contributed by atoms with Crippen molar-refractivity contribution in [2.75, 3.05) is 18.8 Å². The van der Waals surface area contributed by atoms with Crippen LogP contribution in [0.1, 0.15) is 37.8 Å². The third kappa shape index (κ3) is 6.19. The van der Waals surface area contributed by atoms with Gasteiger partial charge < -0.3 is 4.90 Å². The first-order chi connectivity index (χ1) is 9.71. The molecule has 1 aromatic carbocycles. The zero-order valence-electron chi connectivity index (χ0n) is 12.4. The van der Waals surface area contributed by atoms with Crippen molar-refractivity contribution >= 4 is 29.3 Å². The van der Waals surface area contributed by atoms with Crippen LogP contribution in [0.4, 0.5) is 0 Å². The highest BCUT2D eigenvalue weighted by Crippen LogP contribution is 2.15. The lowest BCUT2D eigenvalue weighted by molar-refractivity contribution is -0.128. The fraction of sp³-hybridized carbons (Fsp3) is 0.562. The molecule has 0 saturated heterocycles. The van der Waals surface area contributed by atoms with Gasteiger partial charge in [0.05, 0.1) is 5.75 Å². The van der Waals surface area contributed by atoms with Crippen molar-refractivity contribution in [3.63, 3.8) is 0 Å². The number of alkyl halides is 1. The predicted molar refractivity (Wildman–Crippen MR) is 89.3 cm³/mol. The Morgan fingerprint density at radius 3 is 2.45 bits per heavy atom. The number of nitrogens with zero attached hydrogens (tertiary/aromatic N) is 1. The lowest BCUT2D eigenvalue weighted by Gasteiger charge is -2.21. The van der Waals surface area contributed by atoms with E-state index >= 15 is 0 Å². The third-order valence-corrected chi connectivity index (χ3v) is 4.28. The number of halogens is 1. The van der Waals surface area contributed by atoms with Crippen molar-refractivity contribution in [3.8, 4) is 0 Å². The summed E-state index contributed by atoms with van der Waals surface area (Å²) < 4.78 is 0. The molecule has 0 aliphatic rings. The van der Waals surface area contributed by atoms with Crippen LogP contribution in [0.5, 0.6) is 0 Å². The summed E-state index contributed by atoms with van der Waals surface area (Å²) in [5, 5.41) is 0. The summed E-state index contributed by atoms with van der Waals surface area (Å²) in [7, 11) is 0. The second kappa shape index (κ2) is 10.1. The average Bonchev–Trinajstić information content (AvgIpc) is 2.47. The van der Waals surface area contributed by atoms with Gasteiger partial charge in [-0.1, -0.05) is 38.1 Å². The first kappa shape index (κ1) is 17.4. The highest BCUT2D eigenvalue weighted by atomic mass is 35.5. The number of hydrogen-bond acceptors (Lipinski definition) is 2. The van der Waals surface area contributed by atoms with Crippen LogP contribution in [0.3, 0.4) is 0 Å². The minimum absolute atomic E-state index is 0.257. The molecule has 0 spiro atoms. The standard InChI is InChI=1S/C16H24ClNOS/c1-3-8-18(9-4-2)16(19)13-20-12-15-7-5-6-14(10-15)11-17/h5-7,10H,3-4,8-9,11-13H2,1-2H3. The van der Waals surface area contributed by atoms with E-state index in [1.54, 1.807) is 11.8 Å². The Hall–Kier alpha value is -0.670. The van der Waals surface area contributed by atoms with Crippen LogP contribution in [0.25, 0.3) is 0 Å². The maximum atomic E-state index is 12.1. The monoisotopic (exact) mass is 313 g/mol. The molecule has 1 aromatic rings. The summed E-state index contributed by atoms with van der Waals surface area (Å²) >= 11 is 7.51. The van der Waals surface area contributed by atoms with E-state index in [2.05, 4.69) is 26.0 Å². The van der Waals surface area contributed by atoms with Crippen LogP contribution >= 0.6 is 23.4 Å². The first-order valence-electron chi connectivity index (χ1n) is 7.20. The number of thioether (sulfide) groups is 1. The molecule has 0 fully saturated rings. The summed E-state index contributed by atoms with van der Waals surface area (Å²) in [5.74, 6) is 2.22. The molecule has 2 nitrogen and oxygen atoms in total. The number of rotatable bonds is 9. The lowest BCUT2D eigenvalue weighted by atomic mass is 10.2. The Bertz CT molecular complexity index is 405. The molecule has 0 unspecified atom stereocenters. The third-order valence-electron chi connectivity index (χ3n) is 2.98. The molecule has 0 aliphatic carbocycles. The summed E-state index contributed by atoms with van der Waals surface area (Å²) in [6.45, 7) is 5.96. The molecule has 1 rings (SSSR count). The number of amides is 1. The molecule has 0 aliphatic heterocycles. The molecule has 20 heavy (non-hydrogen) atoms. The summed E-state index contributed by atoms with van der Waals surface area (Å²) in [4.78, 5) is 14.1. The van der Waals surface area contributed by atoms with Gasteiger partial charge in [0.15, 0.2) is 0 Å². The van der Waals surface area contributed by atoms with Crippen LogP contribution < -0.4 is 0 Å². The zero-order valence-corrected chi connectivity index (χ0v) is 14.0. The Morgan fingerprint density at radius 2 is 1.85 bits per heavy atom. The Kier molecular flexibility index (Phi) is 8.79. The molecular weight excluding hydrogens is 290 g/mol. The fourth-order valence-electron chi connectivity index (χ4n) is 2.05. The van der Waals surface area contributed by atoms with Gasteiger partial charge in [0.2, 0.25) is 5.91 Å². The van der Waals surface area contributed by atoms with Gasteiger partial charge in [0.25, 0.3) is 0 Å². The molecular formula is C16H24ClNOS. The van der Waals surface area contributed by atoms with Gasteiger partial charge in [-0.05, 0) is 24.0 Å². The average molecular weight is 314 g/mol. The Labute approximate surface area is 131 Å². The molecule has 0 bridgehead atoms. The van der Waals surface area contributed by atoms with Crippen molar-refractivity contribution < 1.29 is 4.79 Å². The van der Waals surface area contributed by atoms with Crippen molar-refractivity contribution in [1.82, 2.24) is 4.90 Å². The van der Waals surface area contributed by atoms with Crippen molar-refractivity contribution in [2.45, 2.75) is 38.3 Å². The van der Waals surface area contributed by atoms with Gasteiger partial charge in [0.1, 0.15) is 0 Å². The molecule has 0 atom stereocenters. The van der Waals surface area contributed by atoms with Gasteiger partial charge in [-0.15, -0.1) is 23.4 Å². The SMILES string of the molecule is CCCN(CCC)C(=O)CSCc1cccc(CCl)c1. The molecule has 0 radical (unpaired) electrons. The van der Waals surface area contributed by atoms with Crippen LogP contribution in [0.15, 0.2) is 24.3 Å². The Morgan fingerprint density at radius 1 is 1.20 bits per heavy atom. The highest BCUT2D eigenvalue weighted by molar-refractivity contribution is 7.99. The van der Waals surface area contributed by atoms with Crippen LogP contribution in [0, 0.1) is 0 Å². The van der Waals surface area contributed by atoms with Gasteiger partial charge >= 0.3 is 0 Å². The van der Waals surface area contributed by atoms with Crippen molar-refractivity contribution in [3.05, 3.63) is 35.4 Å². The van der Waals surface area contributed by atoms with Crippen molar-refractivity contribution in [2.24, 2.45) is 0 Å². The number of hydrogen-bond donors (Lipinski definition) is 0. The second-order valence-electron chi connectivity index (χ2n) is 4.83. The quantitative estimate of drug-likeness (QED) is 0.633. The first-order valence-corrected chi connectivity index (χ1v) is 8.89. The minimum atomic E-state index is 0.257. The van der Waals surface area contributed by atoms with Crippen LogP contribution in [-0.2, 0) is 16.4 Å². The molecule has 4 heteroatoms. The molecule has 112 valence electrons. The largest absolute Gasteiger partial charge is 0.342 e. The maximum absolute atomic E-state index is 12.1. The van der Waals surface area contributed by atoms with Gasteiger partial charge in [-0.3, -0.25) is 4.79 Å². The van der Waals surface area contributed by atoms with Gasteiger partial charge in [-0.25, -0.2) is 0 Å². The minimum Gasteiger partial charge on any atom is -0.342 e.